The molecule has 0 saturated heterocycles. The van der Waals surface area contributed by atoms with Gasteiger partial charge in [-0.1, -0.05) is 24.6 Å². The van der Waals surface area contributed by atoms with E-state index in [0.29, 0.717) is 18.2 Å². The number of nitrogens with zero attached hydrogens (tertiary/aromatic N) is 5. The van der Waals surface area contributed by atoms with E-state index in [1.807, 2.05) is 41.9 Å². The van der Waals surface area contributed by atoms with Crippen LogP contribution in [-0.4, -0.2) is 43.3 Å². The SMILES string of the molecule is CSc1nnc(CCCNC(=O)c2ccc(-n3nccc3C)cc2)n1C1CCCC1. The van der Waals surface area contributed by atoms with Crippen LogP contribution in [0.3, 0.4) is 0 Å². The quantitative estimate of drug-likeness (QED) is 0.437. The zero-order valence-electron chi connectivity index (χ0n) is 17.5. The molecule has 0 unspecified atom stereocenters. The lowest BCUT2D eigenvalue weighted by Crippen LogP contribution is -2.25. The van der Waals surface area contributed by atoms with Gasteiger partial charge in [-0.25, -0.2) is 4.68 Å². The van der Waals surface area contributed by atoms with Crippen LogP contribution < -0.4 is 5.32 Å². The van der Waals surface area contributed by atoms with Gasteiger partial charge in [0, 0.05) is 36.5 Å². The molecule has 1 aliphatic carbocycles. The van der Waals surface area contributed by atoms with Crippen molar-refractivity contribution in [3.63, 3.8) is 0 Å². The molecule has 8 heteroatoms. The zero-order chi connectivity index (χ0) is 20.9. The van der Waals surface area contributed by atoms with Gasteiger partial charge in [0.05, 0.1) is 5.69 Å². The maximum atomic E-state index is 12.5. The number of aryl methyl sites for hydroxylation is 2. The average Bonchev–Trinajstić information content (AvgIpc) is 3.51. The Kier molecular flexibility index (Phi) is 6.52. The van der Waals surface area contributed by atoms with E-state index >= 15 is 0 Å². The molecule has 1 amide bonds. The third-order valence-electron chi connectivity index (χ3n) is 5.68. The van der Waals surface area contributed by atoms with Gasteiger partial charge in [-0.05, 0) is 62.8 Å². The van der Waals surface area contributed by atoms with Gasteiger partial charge in [0.25, 0.3) is 5.91 Å². The van der Waals surface area contributed by atoms with Crippen LogP contribution in [0.5, 0.6) is 0 Å². The first-order valence-electron chi connectivity index (χ1n) is 10.5. The van der Waals surface area contributed by atoms with E-state index in [1.54, 1.807) is 18.0 Å². The summed E-state index contributed by atoms with van der Waals surface area (Å²) in [6.07, 6.45) is 10.5. The molecule has 1 saturated carbocycles. The van der Waals surface area contributed by atoms with Crippen LogP contribution in [0.1, 0.15) is 60.0 Å². The molecule has 0 spiro atoms. The molecular formula is C22H28N6OS. The number of hydrogen-bond donors (Lipinski definition) is 1. The second kappa shape index (κ2) is 9.47. The van der Waals surface area contributed by atoms with Gasteiger partial charge < -0.3 is 9.88 Å². The van der Waals surface area contributed by atoms with Gasteiger partial charge in [-0.15, -0.1) is 10.2 Å². The fourth-order valence-electron chi connectivity index (χ4n) is 4.09. The van der Waals surface area contributed by atoms with Crippen molar-refractivity contribution in [2.75, 3.05) is 12.8 Å². The average molecular weight is 425 g/mol. The highest BCUT2D eigenvalue weighted by atomic mass is 32.2. The molecule has 1 aromatic carbocycles. The summed E-state index contributed by atoms with van der Waals surface area (Å²) in [5.74, 6) is 0.986. The van der Waals surface area contributed by atoms with E-state index in [0.717, 1.165) is 35.2 Å². The summed E-state index contributed by atoms with van der Waals surface area (Å²) in [6, 6.07) is 10.0. The van der Waals surface area contributed by atoms with Crippen LogP contribution in [0, 0.1) is 6.92 Å². The summed E-state index contributed by atoms with van der Waals surface area (Å²) in [4.78, 5) is 12.5. The van der Waals surface area contributed by atoms with Crippen LogP contribution >= 0.6 is 11.8 Å². The fraction of sp³-hybridized carbons (Fsp3) is 0.455. The van der Waals surface area contributed by atoms with Gasteiger partial charge >= 0.3 is 0 Å². The highest BCUT2D eigenvalue weighted by Gasteiger charge is 2.23. The maximum Gasteiger partial charge on any atom is 0.251 e. The smallest absolute Gasteiger partial charge is 0.251 e. The maximum absolute atomic E-state index is 12.5. The van der Waals surface area contributed by atoms with Gasteiger partial charge in [-0.3, -0.25) is 4.79 Å². The van der Waals surface area contributed by atoms with Crippen molar-refractivity contribution in [1.82, 2.24) is 29.9 Å². The largest absolute Gasteiger partial charge is 0.352 e. The van der Waals surface area contributed by atoms with Crippen molar-refractivity contribution >= 4 is 17.7 Å². The van der Waals surface area contributed by atoms with Gasteiger partial charge in [0.2, 0.25) is 0 Å². The van der Waals surface area contributed by atoms with Crippen LogP contribution in [0.15, 0.2) is 41.7 Å². The van der Waals surface area contributed by atoms with Crippen molar-refractivity contribution in [3.8, 4) is 5.69 Å². The third kappa shape index (κ3) is 4.43. The van der Waals surface area contributed by atoms with E-state index < -0.39 is 0 Å². The third-order valence-corrected chi connectivity index (χ3v) is 6.32. The minimum atomic E-state index is -0.0548. The Hall–Kier alpha value is -2.61. The first-order chi connectivity index (χ1) is 14.7. The number of carbonyl (C=O) groups is 1. The number of aromatic nitrogens is 5. The zero-order valence-corrected chi connectivity index (χ0v) is 18.4. The number of carbonyl (C=O) groups excluding carboxylic acids is 1. The number of amides is 1. The fourth-order valence-corrected chi connectivity index (χ4v) is 4.66. The predicted molar refractivity (Wildman–Crippen MR) is 118 cm³/mol. The van der Waals surface area contributed by atoms with Gasteiger partial charge in [0.15, 0.2) is 5.16 Å². The Bertz CT molecular complexity index is 987. The summed E-state index contributed by atoms with van der Waals surface area (Å²) >= 11 is 1.66. The first kappa shape index (κ1) is 20.7. The predicted octanol–water partition coefficient (Wildman–Crippen LogP) is 3.97. The Labute approximate surface area is 181 Å². The highest BCUT2D eigenvalue weighted by molar-refractivity contribution is 7.98. The van der Waals surface area contributed by atoms with Gasteiger partial charge in [-0.2, -0.15) is 5.10 Å². The molecule has 1 aliphatic rings. The molecule has 4 rings (SSSR count). The van der Waals surface area contributed by atoms with Gasteiger partial charge in [0.1, 0.15) is 5.82 Å². The summed E-state index contributed by atoms with van der Waals surface area (Å²) in [7, 11) is 0. The topological polar surface area (TPSA) is 77.6 Å². The van der Waals surface area contributed by atoms with E-state index in [4.69, 9.17) is 0 Å². The van der Waals surface area contributed by atoms with Crippen molar-refractivity contribution < 1.29 is 4.79 Å². The first-order valence-corrected chi connectivity index (χ1v) is 11.8. The Balaban J connectivity index is 1.30. The van der Waals surface area contributed by atoms with Crippen molar-refractivity contribution in [3.05, 3.63) is 53.6 Å². The molecule has 0 bridgehead atoms. The Morgan fingerprint density at radius 2 is 1.93 bits per heavy atom. The molecule has 7 nitrogen and oxygen atoms in total. The van der Waals surface area contributed by atoms with Crippen LogP contribution in [0.25, 0.3) is 5.69 Å². The van der Waals surface area contributed by atoms with Crippen LogP contribution in [0.4, 0.5) is 0 Å². The number of nitrogens with one attached hydrogen (secondary N) is 1. The molecule has 158 valence electrons. The van der Waals surface area contributed by atoms with Crippen LogP contribution in [-0.2, 0) is 6.42 Å². The Morgan fingerprint density at radius 1 is 1.17 bits per heavy atom. The van der Waals surface area contributed by atoms with E-state index in [-0.39, 0.29) is 5.91 Å². The molecule has 0 atom stereocenters. The molecule has 2 aromatic heterocycles. The minimum absolute atomic E-state index is 0.0548. The lowest BCUT2D eigenvalue weighted by molar-refractivity contribution is 0.0953. The number of benzene rings is 1. The molecule has 1 fully saturated rings. The number of thioether (sulfide) groups is 1. The van der Waals surface area contributed by atoms with Crippen molar-refractivity contribution in [2.45, 2.75) is 56.6 Å². The summed E-state index contributed by atoms with van der Waals surface area (Å²) in [5, 5.41) is 17.1. The summed E-state index contributed by atoms with van der Waals surface area (Å²) in [5.41, 5.74) is 2.66. The van der Waals surface area contributed by atoms with E-state index in [2.05, 4.69) is 31.4 Å². The standard InChI is InChI=1S/C22H28N6OS/c1-16-13-15-24-28(16)19-11-9-17(10-12-19)21(29)23-14-5-8-20-25-26-22(30-2)27(20)18-6-3-4-7-18/h9-13,15,18H,3-8,14H2,1-2H3,(H,23,29). The lowest BCUT2D eigenvalue weighted by Gasteiger charge is -2.16. The molecular weight excluding hydrogens is 396 g/mol. The minimum Gasteiger partial charge on any atom is -0.352 e. The molecule has 30 heavy (non-hydrogen) atoms. The van der Waals surface area contributed by atoms with E-state index in [9.17, 15) is 4.79 Å². The molecule has 2 heterocycles. The van der Waals surface area contributed by atoms with E-state index in [1.165, 1.54) is 25.7 Å². The van der Waals surface area contributed by atoms with Crippen molar-refractivity contribution in [2.24, 2.45) is 0 Å². The summed E-state index contributed by atoms with van der Waals surface area (Å²) in [6.45, 7) is 2.62. The second-order valence-corrected chi connectivity index (χ2v) is 8.48. The lowest BCUT2D eigenvalue weighted by atomic mass is 10.2. The molecule has 1 N–H and O–H groups in total. The monoisotopic (exact) mass is 424 g/mol. The number of hydrogen-bond acceptors (Lipinski definition) is 5. The van der Waals surface area contributed by atoms with Crippen LogP contribution in [0.2, 0.25) is 0 Å². The second-order valence-electron chi connectivity index (χ2n) is 7.70. The van der Waals surface area contributed by atoms with Crippen molar-refractivity contribution in [1.29, 1.82) is 0 Å². The normalized spacial score (nSPS) is 14.3. The number of rotatable bonds is 8. The highest BCUT2D eigenvalue weighted by Crippen LogP contribution is 2.33. The molecule has 3 aromatic rings. The Morgan fingerprint density at radius 3 is 2.60 bits per heavy atom. The molecule has 0 radical (unpaired) electrons. The molecule has 0 aliphatic heterocycles. The summed E-state index contributed by atoms with van der Waals surface area (Å²) < 4.78 is 4.18.